The number of hydrogen-bond donors (Lipinski definition) is 2. The van der Waals surface area contributed by atoms with E-state index >= 15 is 0 Å². The molecule has 0 saturated heterocycles. The van der Waals surface area contributed by atoms with Gasteiger partial charge in [-0.2, -0.15) is 0 Å². The Morgan fingerprint density at radius 3 is 2.46 bits per heavy atom. The number of halogens is 2. The summed E-state index contributed by atoms with van der Waals surface area (Å²) in [5, 5.41) is 7.01. The topological polar surface area (TPSA) is 71.1 Å². The summed E-state index contributed by atoms with van der Waals surface area (Å²) < 4.78 is 27.1. The highest BCUT2D eigenvalue weighted by atomic mass is 32.1. The molecular formula is C18H13F2N3O2S. The Morgan fingerprint density at radius 1 is 1.04 bits per heavy atom. The Hall–Kier alpha value is -3.13. The number of hydrogen-bond acceptors (Lipinski definition) is 4. The molecule has 0 bridgehead atoms. The quantitative estimate of drug-likeness (QED) is 0.716. The molecule has 0 aliphatic carbocycles. The zero-order valence-electron chi connectivity index (χ0n) is 13.5. The van der Waals surface area contributed by atoms with E-state index in [1.165, 1.54) is 12.3 Å². The second-order valence-corrected chi connectivity index (χ2v) is 6.23. The van der Waals surface area contributed by atoms with Crippen LogP contribution in [0.3, 0.4) is 0 Å². The molecule has 0 aliphatic rings. The molecule has 2 amide bonds. The van der Waals surface area contributed by atoms with E-state index in [1.54, 1.807) is 24.3 Å². The van der Waals surface area contributed by atoms with E-state index in [1.807, 2.05) is 0 Å². The van der Waals surface area contributed by atoms with Gasteiger partial charge in [-0.1, -0.05) is 0 Å². The maximum Gasteiger partial charge on any atom is 0.257 e. The van der Waals surface area contributed by atoms with Crippen LogP contribution in [0.25, 0.3) is 11.3 Å². The molecule has 5 nitrogen and oxygen atoms in total. The highest BCUT2D eigenvalue weighted by molar-refractivity contribution is 7.14. The molecule has 1 aromatic heterocycles. The van der Waals surface area contributed by atoms with E-state index in [0.717, 1.165) is 29.5 Å². The molecule has 0 fully saturated rings. The summed E-state index contributed by atoms with van der Waals surface area (Å²) in [5.41, 5.74) is 1.21. The summed E-state index contributed by atoms with van der Waals surface area (Å²) in [4.78, 5) is 27.4. The van der Waals surface area contributed by atoms with Crippen molar-refractivity contribution in [1.82, 2.24) is 4.98 Å². The first-order chi connectivity index (χ1) is 12.4. The lowest BCUT2D eigenvalue weighted by Gasteiger charge is -2.04. The number of thiazole rings is 1. The maximum atomic E-state index is 13.8. The minimum atomic E-state index is -0.594. The lowest BCUT2D eigenvalue weighted by atomic mass is 10.1. The summed E-state index contributed by atoms with van der Waals surface area (Å²) in [5.74, 6) is -1.77. The Balaban J connectivity index is 1.73. The van der Waals surface area contributed by atoms with Crippen molar-refractivity contribution in [2.75, 3.05) is 10.6 Å². The molecule has 0 radical (unpaired) electrons. The molecule has 2 N–H and O–H groups in total. The van der Waals surface area contributed by atoms with E-state index in [4.69, 9.17) is 0 Å². The van der Waals surface area contributed by atoms with Crippen molar-refractivity contribution in [3.63, 3.8) is 0 Å². The maximum absolute atomic E-state index is 13.8. The molecule has 3 rings (SSSR count). The molecule has 0 unspecified atom stereocenters. The van der Waals surface area contributed by atoms with Crippen LogP contribution in [0, 0.1) is 11.6 Å². The largest absolute Gasteiger partial charge is 0.326 e. The molecule has 2 aromatic carbocycles. The molecule has 8 heteroatoms. The molecule has 26 heavy (non-hydrogen) atoms. The average Bonchev–Trinajstić information content (AvgIpc) is 3.05. The summed E-state index contributed by atoms with van der Waals surface area (Å²) in [6, 6.07) is 9.42. The molecular weight excluding hydrogens is 360 g/mol. The van der Waals surface area contributed by atoms with Crippen molar-refractivity contribution in [1.29, 1.82) is 0 Å². The summed E-state index contributed by atoms with van der Waals surface area (Å²) in [6.07, 6.45) is 0. The molecule has 132 valence electrons. The van der Waals surface area contributed by atoms with Crippen LogP contribution >= 0.6 is 11.3 Å². The Kier molecular flexibility index (Phi) is 5.04. The monoisotopic (exact) mass is 373 g/mol. The van der Waals surface area contributed by atoms with Gasteiger partial charge in [0.25, 0.3) is 5.91 Å². The van der Waals surface area contributed by atoms with Gasteiger partial charge in [0.1, 0.15) is 11.6 Å². The van der Waals surface area contributed by atoms with Crippen LogP contribution in [-0.4, -0.2) is 16.8 Å². The number of rotatable bonds is 4. The first kappa shape index (κ1) is 17.7. The van der Waals surface area contributed by atoms with Crippen LogP contribution in [0.5, 0.6) is 0 Å². The molecule has 0 atom stereocenters. The third-order valence-corrected chi connectivity index (χ3v) is 4.15. The van der Waals surface area contributed by atoms with Gasteiger partial charge in [-0.15, -0.1) is 11.3 Å². The molecule has 0 saturated carbocycles. The number of carbonyl (C=O) groups excluding carboxylic acids is 2. The second kappa shape index (κ2) is 7.40. The molecule has 0 spiro atoms. The van der Waals surface area contributed by atoms with Gasteiger partial charge in [0.05, 0.1) is 5.69 Å². The van der Waals surface area contributed by atoms with Gasteiger partial charge in [-0.05, 0) is 42.5 Å². The average molecular weight is 373 g/mol. The lowest BCUT2D eigenvalue weighted by molar-refractivity contribution is -0.114. The Labute approximate surface area is 151 Å². The summed E-state index contributed by atoms with van der Waals surface area (Å²) in [6.45, 7) is 1.39. The smallest absolute Gasteiger partial charge is 0.257 e. The van der Waals surface area contributed by atoms with Gasteiger partial charge in [0.15, 0.2) is 5.13 Å². The van der Waals surface area contributed by atoms with Crippen LogP contribution in [0.2, 0.25) is 0 Å². The standard InChI is InChI=1S/C18H13F2N3O2S/c1-10(24)21-13-5-2-11(3-6-13)17(25)23-18-22-16(9-26-18)14-8-12(19)4-7-15(14)20/h2-9H,1H3,(H,21,24)(H,22,23,25). The first-order valence-corrected chi connectivity index (χ1v) is 8.40. The Bertz CT molecular complexity index is 971. The third-order valence-electron chi connectivity index (χ3n) is 3.40. The van der Waals surface area contributed by atoms with Crippen LogP contribution in [0.1, 0.15) is 17.3 Å². The summed E-state index contributed by atoms with van der Waals surface area (Å²) in [7, 11) is 0. The predicted molar refractivity (Wildman–Crippen MR) is 96.2 cm³/mol. The fourth-order valence-corrected chi connectivity index (χ4v) is 2.93. The van der Waals surface area contributed by atoms with E-state index in [9.17, 15) is 18.4 Å². The minimum absolute atomic E-state index is 0.0291. The summed E-state index contributed by atoms with van der Waals surface area (Å²) >= 11 is 1.10. The van der Waals surface area contributed by atoms with Gasteiger partial charge in [0.2, 0.25) is 5.91 Å². The van der Waals surface area contributed by atoms with E-state index in [-0.39, 0.29) is 22.3 Å². The minimum Gasteiger partial charge on any atom is -0.326 e. The number of nitrogens with zero attached hydrogens (tertiary/aromatic N) is 1. The molecule has 1 heterocycles. The van der Waals surface area contributed by atoms with Crippen molar-refractivity contribution in [3.05, 3.63) is 65.0 Å². The van der Waals surface area contributed by atoms with Gasteiger partial charge >= 0.3 is 0 Å². The number of carbonyl (C=O) groups is 2. The van der Waals surface area contributed by atoms with Crippen LogP contribution in [0.4, 0.5) is 19.6 Å². The van der Waals surface area contributed by atoms with Gasteiger partial charge < -0.3 is 5.32 Å². The van der Waals surface area contributed by atoms with Crippen LogP contribution in [-0.2, 0) is 4.79 Å². The highest BCUT2D eigenvalue weighted by Gasteiger charge is 2.13. The van der Waals surface area contributed by atoms with Gasteiger partial charge in [0, 0.05) is 29.1 Å². The van der Waals surface area contributed by atoms with Crippen LogP contribution in [0.15, 0.2) is 47.8 Å². The van der Waals surface area contributed by atoms with Crippen molar-refractivity contribution in [3.8, 4) is 11.3 Å². The third kappa shape index (κ3) is 4.09. The number of anilines is 2. The van der Waals surface area contributed by atoms with E-state index in [0.29, 0.717) is 11.3 Å². The molecule has 3 aromatic rings. The first-order valence-electron chi connectivity index (χ1n) is 7.52. The number of aromatic nitrogens is 1. The van der Waals surface area contributed by atoms with E-state index in [2.05, 4.69) is 15.6 Å². The number of amides is 2. The SMILES string of the molecule is CC(=O)Nc1ccc(C(=O)Nc2nc(-c3cc(F)ccc3F)cs2)cc1. The second-order valence-electron chi connectivity index (χ2n) is 5.37. The van der Waals surface area contributed by atoms with Crippen molar-refractivity contribution >= 4 is 34.0 Å². The fourth-order valence-electron chi connectivity index (χ4n) is 2.23. The van der Waals surface area contributed by atoms with E-state index < -0.39 is 17.5 Å². The van der Waals surface area contributed by atoms with Crippen LogP contribution < -0.4 is 10.6 Å². The number of benzene rings is 2. The Morgan fingerprint density at radius 2 is 1.77 bits per heavy atom. The predicted octanol–water partition coefficient (Wildman–Crippen LogP) is 4.30. The highest BCUT2D eigenvalue weighted by Crippen LogP contribution is 2.28. The zero-order valence-corrected chi connectivity index (χ0v) is 14.4. The number of nitrogens with one attached hydrogen (secondary N) is 2. The van der Waals surface area contributed by atoms with Crippen molar-refractivity contribution in [2.45, 2.75) is 6.92 Å². The normalized spacial score (nSPS) is 10.4. The lowest BCUT2D eigenvalue weighted by Crippen LogP contribution is -2.12. The fraction of sp³-hybridized carbons (Fsp3) is 0.0556. The van der Waals surface area contributed by atoms with Crippen molar-refractivity contribution in [2.24, 2.45) is 0 Å². The van der Waals surface area contributed by atoms with Gasteiger partial charge in [-0.25, -0.2) is 13.8 Å². The zero-order chi connectivity index (χ0) is 18.7. The molecule has 0 aliphatic heterocycles. The van der Waals surface area contributed by atoms with Crippen molar-refractivity contribution < 1.29 is 18.4 Å². The van der Waals surface area contributed by atoms with Gasteiger partial charge in [-0.3, -0.25) is 14.9 Å².